The van der Waals surface area contributed by atoms with Crippen LogP contribution in [0.1, 0.15) is 0 Å². The first-order valence-corrected chi connectivity index (χ1v) is 34.1. The molecule has 0 atom stereocenters. The third-order valence-electron chi connectivity index (χ3n) is 19.5. The van der Waals surface area contributed by atoms with Crippen molar-refractivity contribution in [3.63, 3.8) is 0 Å². The van der Waals surface area contributed by atoms with Crippen molar-refractivity contribution in [3.05, 3.63) is 376 Å². The molecule has 19 aromatic rings. The first-order valence-electron chi connectivity index (χ1n) is 34.1. The van der Waals surface area contributed by atoms with Crippen LogP contribution < -0.4 is 0 Å². The van der Waals surface area contributed by atoms with E-state index in [4.69, 9.17) is 19.9 Å². The lowest BCUT2D eigenvalue weighted by Gasteiger charge is -2.17. The van der Waals surface area contributed by atoms with Crippen molar-refractivity contribution in [1.82, 2.24) is 19.9 Å². The van der Waals surface area contributed by atoms with E-state index in [1.165, 1.54) is 71.3 Å². The predicted molar refractivity (Wildman–Crippen MR) is 421 cm³/mol. The Labute approximate surface area is 580 Å². The minimum Gasteiger partial charge on any atom is -0.248 e. The molecule has 4 nitrogen and oxygen atoms in total. The summed E-state index contributed by atoms with van der Waals surface area (Å²) in [5, 5.41) is 12.9. The second-order valence-corrected chi connectivity index (χ2v) is 25.5. The van der Waals surface area contributed by atoms with E-state index in [-0.39, 0.29) is 0 Å². The van der Waals surface area contributed by atoms with Crippen LogP contribution in [0.4, 0.5) is 0 Å². The van der Waals surface area contributed by atoms with Crippen LogP contribution in [0.25, 0.3) is 188 Å². The van der Waals surface area contributed by atoms with E-state index in [9.17, 15) is 0 Å². The van der Waals surface area contributed by atoms with Gasteiger partial charge in [0, 0.05) is 54.7 Å². The lowest BCUT2D eigenvalue weighted by Crippen LogP contribution is -1.94. The molecule has 0 aliphatic carbocycles. The summed E-state index contributed by atoms with van der Waals surface area (Å²) >= 11 is 0. The molecule has 0 saturated heterocycles. The molecule has 0 bridgehead atoms. The highest BCUT2D eigenvalue weighted by Crippen LogP contribution is 2.45. The highest BCUT2D eigenvalue weighted by Gasteiger charge is 2.21. The molecule has 0 radical (unpaired) electrons. The summed E-state index contributed by atoms with van der Waals surface area (Å²) in [6.45, 7) is 0. The van der Waals surface area contributed by atoms with Crippen LogP contribution >= 0.6 is 0 Å². The highest BCUT2D eigenvalue weighted by atomic mass is 14.7. The summed E-state index contributed by atoms with van der Waals surface area (Å²) in [6.07, 6.45) is 0. The summed E-state index contributed by atoms with van der Waals surface area (Å²) in [7, 11) is 0. The van der Waals surface area contributed by atoms with Gasteiger partial charge in [0.1, 0.15) is 0 Å². The average Bonchev–Trinajstić information content (AvgIpc) is 0.739. The van der Waals surface area contributed by atoms with Gasteiger partial charge in [-0.05, 0) is 136 Å². The molecule has 4 heterocycles. The topological polar surface area (TPSA) is 51.6 Å². The Bertz CT molecular complexity index is 6230. The average molecular weight is 1270 g/mol. The SMILES string of the molecule is c1ccc(-c2cc(-c3ccccc3)nc(-c3ccc(-c4cc5c(-c6ccccc6)cc(-c6ccccc6)nc5c5ccccc45)cc3)c2)cc1.c1ccc2nc(-c3ccc(-c4cc5c(-c6cccc7ccccc67)cc(-c6cccc7ccccc67)nc5c5ccccc45)cc3)ccc2c1. The molecule has 0 unspecified atom stereocenters. The van der Waals surface area contributed by atoms with Crippen LogP contribution in [0.3, 0.4) is 0 Å². The summed E-state index contributed by atoms with van der Waals surface area (Å²) in [6, 6.07) is 134. The quantitative estimate of drug-likeness (QED) is 0.128. The minimum atomic E-state index is 0.948. The van der Waals surface area contributed by atoms with Crippen LogP contribution in [0.5, 0.6) is 0 Å². The molecule has 15 aromatic carbocycles. The van der Waals surface area contributed by atoms with Gasteiger partial charge in [0.2, 0.25) is 0 Å². The molecule has 0 N–H and O–H groups in total. The van der Waals surface area contributed by atoms with Crippen LogP contribution in [0, 0.1) is 0 Å². The minimum absolute atomic E-state index is 0.948. The zero-order valence-electron chi connectivity index (χ0n) is 54.6. The number of hydrogen-bond acceptors (Lipinski definition) is 4. The third kappa shape index (κ3) is 11.2. The van der Waals surface area contributed by atoms with Gasteiger partial charge in [-0.25, -0.2) is 19.9 Å². The first-order chi connectivity index (χ1) is 49.6. The number of nitrogens with zero attached hydrogens (tertiary/aromatic N) is 4. The number of pyridine rings is 4. The Morgan fingerprint density at radius 3 is 1.06 bits per heavy atom. The van der Waals surface area contributed by atoms with Crippen LogP contribution in [-0.4, -0.2) is 19.9 Å². The molecular weight excluding hydrogens is 1210 g/mol. The molecule has 100 heavy (non-hydrogen) atoms. The Kier molecular flexibility index (Phi) is 15.2. The lowest BCUT2D eigenvalue weighted by molar-refractivity contribution is 1.32. The van der Waals surface area contributed by atoms with Gasteiger partial charge in [0.15, 0.2) is 0 Å². The van der Waals surface area contributed by atoms with Gasteiger partial charge in [-0.2, -0.15) is 0 Å². The van der Waals surface area contributed by atoms with Gasteiger partial charge in [-0.15, -0.1) is 0 Å². The lowest BCUT2D eigenvalue weighted by atomic mass is 9.89. The number of aromatic nitrogens is 4. The van der Waals surface area contributed by atoms with E-state index in [0.717, 1.165) is 116 Å². The Hall–Kier alpha value is -13.3. The maximum atomic E-state index is 5.50. The fourth-order valence-corrected chi connectivity index (χ4v) is 14.6. The van der Waals surface area contributed by atoms with Gasteiger partial charge < -0.3 is 0 Å². The summed E-state index contributed by atoms with van der Waals surface area (Å²) in [5.74, 6) is 0. The molecule has 0 amide bonds. The molecule has 0 fully saturated rings. The molecule has 19 rings (SSSR count). The normalized spacial score (nSPS) is 11.4. The fraction of sp³-hybridized carbons (Fsp3) is 0. The van der Waals surface area contributed by atoms with E-state index in [1.807, 2.05) is 18.2 Å². The van der Waals surface area contributed by atoms with Crippen LogP contribution in [0.15, 0.2) is 376 Å². The third-order valence-corrected chi connectivity index (χ3v) is 19.5. The maximum absolute atomic E-state index is 5.50. The standard InChI is InChI=1S/C48H30N2.C48H32N2/c1-4-16-36-31(11-1)14-9-20-38(36)43-30-47(40-21-10-15-32-12-2-5-17-37(32)40)50-48-41-19-7-6-18-39(41)42(29-44(43)48)33-23-25-35(26-24-33)46-28-27-34-13-3-8-22-45(34)49-46;1-5-15-33(16-6-1)39-29-45(36-19-9-3-10-20-36)49-46(30-39)38-27-25-35(26-28-38)42-31-44-43(34-17-7-2-8-18-34)32-47(37-21-11-4-12-22-37)50-48(44)41-24-14-13-23-40(41)42/h1-30H;1-32H. The Balaban J connectivity index is 0.000000144. The number of fused-ring (bicyclic) bond motifs is 9. The van der Waals surface area contributed by atoms with Crippen molar-refractivity contribution in [2.24, 2.45) is 0 Å². The number of para-hydroxylation sites is 1. The molecule has 0 aliphatic rings. The Morgan fingerprint density at radius 2 is 0.500 bits per heavy atom. The Morgan fingerprint density at radius 1 is 0.140 bits per heavy atom. The number of hydrogen-bond donors (Lipinski definition) is 0. The van der Waals surface area contributed by atoms with E-state index in [1.54, 1.807) is 0 Å². The van der Waals surface area contributed by atoms with Crippen molar-refractivity contribution < 1.29 is 0 Å². The van der Waals surface area contributed by atoms with Crippen LogP contribution in [0.2, 0.25) is 0 Å². The van der Waals surface area contributed by atoms with Gasteiger partial charge in [0.25, 0.3) is 0 Å². The largest absolute Gasteiger partial charge is 0.248 e. The second kappa shape index (κ2) is 25.7. The molecule has 0 spiro atoms. The summed E-state index contributed by atoms with van der Waals surface area (Å²) in [5.41, 5.74) is 25.1. The van der Waals surface area contributed by atoms with E-state index in [2.05, 4.69) is 358 Å². The zero-order chi connectivity index (χ0) is 66.3. The highest BCUT2D eigenvalue weighted by molar-refractivity contribution is 6.19. The van der Waals surface area contributed by atoms with Crippen molar-refractivity contribution in [3.8, 4) is 112 Å². The number of benzene rings is 15. The van der Waals surface area contributed by atoms with E-state index >= 15 is 0 Å². The zero-order valence-corrected chi connectivity index (χ0v) is 54.6. The number of rotatable bonds is 10. The molecule has 466 valence electrons. The van der Waals surface area contributed by atoms with Gasteiger partial charge >= 0.3 is 0 Å². The fourth-order valence-electron chi connectivity index (χ4n) is 14.6. The molecule has 4 heteroatoms. The van der Waals surface area contributed by atoms with E-state index in [0.29, 0.717) is 0 Å². The van der Waals surface area contributed by atoms with Gasteiger partial charge in [-0.3, -0.25) is 0 Å². The first kappa shape index (κ1) is 59.2. The molecule has 0 aliphatic heterocycles. The van der Waals surface area contributed by atoms with Crippen molar-refractivity contribution >= 4 is 75.8 Å². The smallest absolute Gasteiger partial charge is 0.0794 e. The summed E-state index contributed by atoms with van der Waals surface area (Å²) < 4.78 is 0. The second-order valence-electron chi connectivity index (χ2n) is 25.5. The predicted octanol–water partition coefficient (Wildman–Crippen LogP) is 25.7. The molecule has 0 saturated carbocycles. The van der Waals surface area contributed by atoms with E-state index < -0.39 is 0 Å². The van der Waals surface area contributed by atoms with Gasteiger partial charge in [-0.1, -0.05) is 328 Å². The van der Waals surface area contributed by atoms with Crippen molar-refractivity contribution in [2.45, 2.75) is 0 Å². The van der Waals surface area contributed by atoms with Crippen LogP contribution in [-0.2, 0) is 0 Å². The maximum Gasteiger partial charge on any atom is 0.0794 e. The van der Waals surface area contributed by atoms with Crippen molar-refractivity contribution in [2.75, 3.05) is 0 Å². The van der Waals surface area contributed by atoms with Gasteiger partial charge in [0.05, 0.1) is 45.0 Å². The monoisotopic (exact) mass is 1270 g/mol. The molecular formula is C96H62N4. The van der Waals surface area contributed by atoms with Crippen molar-refractivity contribution in [1.29, 1.82) is 0 Å². The molecule has 4 aromatic heterocycles. The summed E-state index contributed by atoms with van der Waals surface area (Å²) in [4.78, 5) is 20.9.